The predicted molar refractivity (Wildman–Crippen MR) is 99.2 cm³/mol. The zero-order valence-electron chi connectivity index (χ0n) is 14.1. The van der Waals surface area contributed by atoms with Crippen molar-refractivity contribution in [3.8, 4) is 11.5 Å². The summed E-state index contributed by atoms with van der Waals surface area (Å²) >= 11 is 0. The molecular formula is C19H16N2O5S. The van der Waals surface area contributed by atoms with E-state index in [0.717, 1.165) is 10.8 Å². The SMILES string of the molecule is O=C(NNS(=O)(=O)c1ccc2ccccc2c1)c1ccc2c(c1)OCCO2. The van der Waals surface area contributed by atoms with Gasteiger partial charge >= 0.3 is 0 Å². The molecule has 4 rings (SSSR count). The predicted octanol–water partition coefficient (Wildman–Crippen LogP) is 2.23. The molecule has 1 heterocycles. The standard InChI is InChI=1S/C19H16N2O5S/c22-19(15-6-8-17-18(12-15)26-10-9-25-17)20-21-27(23,24)16-7-5-13-3-1-2-4-14(13)11-16/h1-8,11-12,21H,9-10H2,(H,20,22). The van der Waals surface area contributed by atoms with Crippen LogP contribution in [0.2, 0.25) is 0 Å². The van der Waals surface area contributed by atoms with Crippen molar-refractivity contribution in [2.24, 2.45) is 0 Å². The van der Waals surface area contributed by atoms with Gasteiger partial charge in [0.25, 0.3) is 15.9 Å². The molecule has 0 atom stereocenters. The quantitative estimate of drug-likeness (QED) is 0.673. The summed E-state index contributed by atoms with van der Waals surface area (Å²) in [4.78, 5) is 14.5. The van der Waals surface area contributed by atoms with Gasteiger partial charge in [-0.3, -0.25) is 10.2 Å². The highest BCUT2D eigenvalue weighted by Crippen LogP contribution is 2.30. The van der Waals surface area contributed by atoms with Gasteiger partial charge in [0, 0.05) is 5.56 Å². The molecule has 1 aliphatic rings. The Labute approximate surface area is 155 Å². The van der Waals surface area contributed by atoms with Crippen LogP contribution in [-0.4, -0.2) is 27.5 Å². The molecule has 2 N–H and O–H groups in total. The lowest BCUT2D eigenvalue weighted by molar-refractivity contribution is 0.0944. The van der Waals surface area contributed by atoms with Gasteiger partial charge in [0.05, 0.1) is 4.90 Å². The lowest BCUT2D eigenvalue weighted by atomic mass is 10.1. The minimum absolute atomic E-state index is 0.0590. The Hall–Kier alpha value is -3.10. The van der Waals surface area contributed by atoms with Gasteiger partial charge < -0.3 is 9.47 Å². The van der Waals surface area contributed by atoms with Crippen LogP contribution in [0, 0.1) is 0 Å². The van der Waals surface area contributed by atoms with E-state index >= 15 is 0 Å². The van der Waals surface area contributed by atoms with Gasteiger partial charge in [-0.15, -0.1) is 4.83 Å². The van der Waals surface area contributed by atoms with Crippen molar-refractivity contribution >= 4 is 26.7 Å². The van der Waals surface area contributed by atoms with E-state index in [2.05, 4.69) is 10.3 Å². The van der Waals surface area contributed by atoms with Crippen molar-refractivity contribution in [2.45, 2.75) is 4.90 Å². The second-order valence-corrected chi connectivity index (χ2v) is 7.61. The molecule has 8 heteroatoms. The molecule has 27 heavy (non-hydrogen) atoms. The maximum atomic E-state index is 12.5. The average Bonchev–Trinajstić information content (AvgIpc) is 2.71. The zero-order chi connectivity index (χ0) is 18.9. The van der Waals surface area contributed by atoms with Crippen molar-refractivity contribution in [1.82, 2.24) is 10.3 Å². The summed E-state index contributed by atoms with van der Waals surface area (Å²) in [5.41, 5.74) is 2.47. The first kappa shape index (κ1) is 17.3. The van der Waals surface area contributed by atoms with E-state index in [-0.39, 0.29) is 10.5 Å². The van der Waals surface area contributed by atoms with Gasteiger partial charge in [-0.05, 0) is 41.1 Å². The van der Waals surface area contributed by atoms with Crippen LogP contribution >= 0.6 is 0 Å². The fourth-order valence-corrected chi connectivity index (χ4v) is 3.64. The smallest absolute Gasteiger partial charge is 0.266 e. The summed E-state index contributed by atoms with van der Waals surface area (Å²) in [6.45, 7) is 0.844. The highest BCUT2D eigenvalue weighted by molar-refractivity contribution is 7.89. The number of benzene rings is 3. The van der Waals surface area contributed by atoms with Crippen LogP contribution in [0.5, 0.6) is 11.5 Å². The van der Waals surface area contributed by atoms with Crippen LogP contribution in [0.15, 0.2) is 65.6 Å². The minimum atomic E-state index is -3.91. The van der Waals surface area contributed by atoms with E-state index in [1.807, 2.05) is 24.3 Å². The molecule has 1 aliphatic heterocycles. The van der Waals surface area contributed by atoms with E-state index in [1.54, 1.807) is 18.2 Å². The number of ether oxygens (including phenoxy) is 2. The van der Waals surface area contributed by atoms with E-state index in [1.165, 1.54) is 18.2 Å². The fraction of sp³-hybridized carbons (Fsp3) is 0.105. The van der Waals surface area contributed by atoms with Gasteiger partial charge in [-0.25, -0.2) is 8.42 Å². The Kier molecular flexibility index (Phi) is 4.43. The van der Waals surface area contributed by atoms with Crippen LogP contribution in [0.1, 0.15) is 10.4 Å². The Balaban J connectivity index is 1.50. The van der Waals surface area contributed by atoms with Crippen LogP contribution in [0.25, 0.3) is 10.8 Å². The summed E-state index contributed by atoms with van der Waals surface area (Å²) in [6.07, 6.45) is 0. The third-order valence-electron chi connectivity index (χ3n) is 4.13. The van der Waals surface area contributed by atoms with Gasteiger partial charge in [0.15, 0.2) is 11.5 Å². The number of rotatable bonds is 4. The highest BCUT2D eigenvalue weighted by atomic mass is 32.2. The number of hydrogen-bond acceptors (Lipinski definition) is 5. The Morgan fingerprint density at radius 3 is 2.41 bits per heavy atom. The maximum absolute atomic E-state index is 12.5. The first-order chi connectivity index (χ1) is 13.0. The molecule has 3 aromatic carbocycles. The van der Waals surface area contributed by atoms with Crippen molar-refractivity contribution < 1.29 is 22.7 Å². The van der Waals surface area contributed by atoms with Gasteiger partial charge in [0.2, 0.25) is 0 Å². The molecule has 138 valence electrons. The second-order valence-electron chi connectivity index (χ2n) is 5.93. The summed E-state index contributed by atoms with van der Waals surface area (Å²) in [5.74, 6) is 0.400. The summed E-state index contributed by atoms with van der Waals surface area (Å²) in [7, 11) is -3.91. The summed E-state index contributed by atoms with van der Waals surface area (Å²) < 4.78 is 35.8. The average molecular weight is 384 g/mol. The molecule has 0 saturated carbocycles. The monoisotopic (exact) mass is 384 g/mol. The van der Waals surface area contributed by atoms with Crippen molar-refractivity contribution in [3.63, 3.8) is 0 Å². The number of hydrogen-bond donors (Lipinski definition) is 2. The number of amides is 1. The molecule has 0 bridgehead atoms. The van der Waals surface area contributed by atoms with Crippen molar-refractivity contribution in [2.75, 3.05) is 13.2 Å². The molecule has 0 radical (unpaired) electrons. The van der Waals surface area contributed by atoms with Gasteiger partial charge in [-0.1, -0.05) is 30.3 Å². The van der Waals surface area contributed by atoms with Crippen LogP contribution in [0.3, 0.4) is 0 Å². The van der Waals surface area contributed by atoms with E-state index in [4.69, 9.17) is 9.47 Å². The number of carbonyl (C=O) groups is 1. The van der Waals surface area contributed by atoms with Gasteiger partial charge in [0.1, 0.15) is 13.2 Å². The first-order valence-electron chi connectivity index (χ1n) is 8.23. The first-order valence-corrected chi connectivity index (χ1v) is 9.72. The molecule has 0 spiro atoms. The molecule has 0 aromatic heterocycles. The topological polar surface area (TPSA) is 93.7 Å². The molecule has 3 aromatic rings. The van der Waals surface area contributed by atoms with Crippen LogP contribution in [0.4, 0.5) is 0 Å². The summed E-state index contributed by atoms with van der Waals surface area (Å²) in [5, 5.41) is 1.72. The fourth-order valence-electron chi connectivity index (χ4n) is 2.76. The number of nitrogens with one attached hydrogen (secondary N) is 2. The Morgan fingerprint density at radius 2 is 1.59 bits per heavy atom. The Morgan fingerprint density at radius 1 is 0.852 bits per heavy atom. The molecule has 0 saturated heterocycles. The van der Waals surface area contributed by atoms with Crippen LogP contribution < -0.4 is 19.7 Å². The molecule has 1 amide bonds. The van der Waals surface area contributed by atoms with Crippen molar-refractivity contribution in [3.05, 3.63) is 66.2 Å². The van der Waals surface area contributed by atoms with Gasteiger partial charge in [-0.2, -0.15) is 0 Å². The van der Waals surface area contributed by atoms with Crippen LogP contribution in [-0.2, 0) is 10.0 Å². The molecule has 0 aliphatic carbocycles. The molecule has 7 nitrogen and oxygen atoms in total. The maximum Gasteiger partial charge on any atom is 0.266 e. The molecular weight excluding hydrogens is 368 g/mol. The number of fused-ring (bicyclic) bond motifs is 2. The van der Waals surface area contributed by atoms with E-state index in [0.29, 0.717) is 24.7 Å². The number of hydrazine groups is 1. The number of carbonyl (C=O) groups excluding carboxylic acids is 1. The third-order valence-corrected chi connectivity index (χ3v) is 5.38. The Bertz CT molecular complexity index is 1130. The lowest BCUT2D eigenvalue weighted by Gasteiger charge is -2.18. The normalized spacial score (nSPS) is 13.3. The van der Waals surface area contributed by atoms with Crippen molar-refractivity contribution in [1.29, 1.82) is 0 Å². The highest BCUT2D eigenvalue weighted by Gasteiger charge is 2.18. The summed E-state index contributed by atoms with van der Waals surface area (Å²) in [6, 6.07) is 16.8. The number of sulfonamides is 1. The second kappa shape index (κ2) is 6.90. The minimum Gasteiger partial charge on any atom is -0.486 e. The van der Waals surface area contributed by atoms with E-state index < -0.39 is 15.9 Å². The largest absolute Gasteiger partial charge is 0.486 e. The molecule has 0 unspecified atom stereocenters. The third kappa shape index (κ3) is 3.57. The zero-order valence-corrected chi connectivity index (χ0v) is 15.0. The lowest BCUT2D eigenvalue weighted by Crippen LogP contribution is -2.41. The van der Waals surface area contributed by atoms with E-state index in [9.17, 15) is 13.2 Å². The molecule has 0 fully saturated rings.